The maximum absolute atomic E-state index is 13.1. The van der Waals surface area contributed by atoms with Crippen molar-refractivity contribution in [3.63, 3.8) is 0 Å². The first-order valence-electron chi connectivity index (χ1n) is 9.31. The van der Waals surface area contributed by atoms with E-state index in [2.05, 4.69) is 16.7 Å². The third-order valence-electron chi connectivity index (χ3n) is 5.89. The third kappa shape index (κ3) is 2.27. The standard InChI is InChI=1S/C21H22N2O2S/c1-22(16-9-3-2-4-10-16)26(24,25)17-11-7-8-15(14-17)20-21-18-12-5-6-13-19(18)23(20)21/h5-8,11-14,16H,2-4,9-10H2,1H3. The van der Waals surface area contributed by atoms with E-state index in [1.807, 2.05) is 30.3 Å². The van der Waals surface area contributed by atoms with Gasteiger partial charge in [-0.25, -0.2) is 8.42 Å². The van der Waals surface area contributed by atoms with Gasteiger partial charge in [0.05, 0.1) is 21.8 Å². The average molecular weight is 366 g/mol. The lowest BCUT2D eigenvalue weighted by atomic mass is 9.96. The molecule has 4 nitrogen and oxygen atoms in total. The van der Waals surface area contributed by atoms with E-state index >= 15 is 0 Å². The highest BCUT2D eigenvalue weighted by Crippen LogP contribution is 2.51. The van der Waals surface area contributed by atoms with Gasteiger partial charge < -0.3 is 4.57 Å². The number of hydrogen-bond acceptors (Lipinski definition) is 2. The molecule has 0 amide bonds. The van der Waals surface area contributed by atoms with E-state index in [1.165, 1.54) is 23.0 Å². The van der Waals surface area contributed by atoms with Gasteiger partial charge in [0, 0.05) is 24.0 Å². The van der Waals surface area contributed by atoms with Gasteiger partial charge in [-0.3, -0.25) is 0 Å². The Hall–Kier alpha value is -2.11. The van der Waals surface area contributed by atoms with E-state index in [0.717, 1.165) is 36.9 Å². The van der Waals surface area contributed by atoms with Crippen molar-refractivity contribution >= 4 is 20.9 Å². The highest BCUT2D eigenvalue weighted by molar-refractivity contribution is 7.89. The Morgan fingerprint density at radius 3 is 2.54 bits per heavy atom. The van der Waals surface area contributed by atoms with Crippen LogP contribution < -0.4 is 0 Å². The van der Waals surface area contributed by atoms with E-state index in [0.29, 0.717) is 4.90 Å². The summed E-state index contributed by atoms with van der Waals surface area (Å²) in [7, 11) is -1.72. The SMILES string of the molecule is CN(C1CCCCC1)S(=O)(=O)c1cccc(-c2c3c4ccccc4n2-3)c1. The number of nitrogens with zero attached hydrogens (tertiary/aromatic N) is 2. The molecule has 0 aromatic heterocycles. The monoisotopic (exact) mass is 366 g/mol. The van der Waals surface area contributed by atoms with Gasteiger partial charge in [0.2, 0.25) is 10.0 Å². The first kappa shape index (κ1) is 16.1. The number of sulfonamides is 1. The molecule has 0 atom stereocenters. The van der Waals surface area contributed by atoms with Crippen molar-refractivity contribution in [1.82, 2.24) is 8.87 Å². The third-order valence-corrected chi connectivity index (χ3v) is 7.80. The van der Waals surface area contributed by atoms with E-state index in [1.54, 1.807) is 17.4 Å². The smallest absolute Gasteiger partial charge is 0.243 e. The van der Waals surface area contributed by atoms with Crippen LogP contribution in [0.2, 0.25) is 0 Å². The van der Waals surface area contributed by atoms with E-state index < -0.39 is 10.0 Å². The lowest BCUT2D eigenvalue weighted by Gasteiger charge is -2.30. The lowest BCUT2D eigenvalue weighted by molar-refractivity contribution is 0.286. The van der Waals surface area contributed by atoms with Gasteiger partial charge in [-0.1, -0.05) is 49.6 Å². The number of rotatable bonds is 4. The summed E-state index contributed by atoms with van der Waals surface area (Å²) in [5.41, 5.74) is 4.57. The molecule has 2 aromatic rings. The van der Waals surface area contributed by atoms with Crippen LogP contribution in [0.25, 0.3) is 27.8 Å². The largest absolute Gasteiger partial charge is 0.304 e. The molecule has 2 aromatic carbocycles. The fraction of sp³-hybridized carbons (Fsp3) is 0.333. The Morgan fingerprint density at radius 1 is 1.00 bits per heavy atom. The number of aromatic nitrogens is 1. The number of para-hydroxylation sites is 1. The second kappa shape index (κ2) is 5.69. The Morgan fingerprint density at radius 2 is 1.77 bits per heavy atom. The highest BCUT2D eigenvalue weighted by Gasteiger charge is 2.34. The molecule has 0 radical (unpaired) electrons. The highest BCUT2D eigenvalue weighted by atomic mass is 32.2. The molecule has 1 fully saturated rings. The van der Waals surface area contributed by atoms with E-state index in [-0.39, 0.29) is 6.04 Å². The first-order valence-corrected chi connectivity index (χ1v) is 10.8. The van der Waals surface area contributed by atoms with Crippen LogP contribution in [0.5, 0.6) is 0 Å². The zero-order valence-corrected chi connectivity index (χ0v) is 15.7. The fourth-order valence-corrected chi connectivity index (χ4v) is 5.81. The van der Waals surface area contributed by atoms with Crippen LogP contribution in [0, 0.1) is 0 Å². The quantitative estimate of drug-likeness (QED) is 0.531. The number of hydrogen-bond donors (Lipinski definition) is 0. The second-order valence-electron chi connectivity index (χ2n) is 7.39. The van der Waals surface area contributed by atoms with Crippen LogP contribution in [-0.2, 0) is 10.0 Å². The molecule has 5 heteroatoms. The summed E-state index contributed by atoms with van der Waals surface area (Å²) in [4.78, 5) is 0.396. The van der Waals surface area contributed by atoms with Crippen LogP contribution in [0.15, 0.2) is 53.4 Å². The molecule has 5 rings (SSSR count). The first-order chi connectivity index (χ1) is 12.6. The van der Waals surface area contributed by atoms with Crippen molar-refractivity contribution in [2.24, 2.45) is 0 Å². The van der Waals surface area contributed by atoms with Gasteiger partial charge >= 0.3 is 0 Å². The molecule has 0 N–H and O–H groups in total. The fourth-order valence-electron chi connectivity index (χ4n) is 4.35. The predicted molar refractivity (Wildman–Crippen MR) is 104 cm³/mol. The molecule has 1 saturated carbocycles. The van der Waals surface area contributed by atoms with Crippen molar-refractivity contribution in [2.75, 3.05) is 7.05 Å². The van der Waals surface area contributed by atoms with Crippen molar-refractivity contribution in [1.29, 1.82) is 0 Å². The Bertz CT molecular complexity index is 1070. The molecular formula is C21H22N2O2S. The van der Waals surface area contributed by atoms with Crippen molar-refractivity contribution in [2.45, 2.75) is 43.0 Å². The molecule has 3 aliphatic rings. The molecular weight excluding hydrogens is 344 g/mol. The van der Waals surface area contributed by atoms with Crippen LogP contribution in [0.1, 0.15) is 32.1 Å². The summed E-state index contributed by atoms with van der Waals surface area (Å²) in [6.45, 7) is 0. The molecule has 0 saturated heterocycles. The van der Waals surface area contributed by atoms with Gasteiger partial charge in [0.15, 0.2) is 0 Å². The molecule has 0 spiro atoms. The summed E-state index contributed by atoms with van der Waals surface area (Å²) >= 11 is 0. The van der Waals surface area contributed by atoms with Crippen molar-refractivity contribution in [3.8, 4) is 16.9 Å². The summed E-state index contributed by atoms with van der Waals surface area (Å²) < 4.78 is 30.0. The minimum absolute atomic E-state index is 0.129. The normalized spacial score (nSPS) is 17.2. The van der Waals surface area contributed by atoms with Crippen LogP contribution in [0.4, 0.5) is 0 Å². The maximum atomic E-state index is 13.1. The number of fused-ring (bicyclic) bond motifs is 4. The van der Waals surface area contributed by atoms with Gasteiger partial charge in [-0.2, -0.15) is 4.31 Å². The molecule has 0 bridgehead atoms. The molecule has 26 heavy (non-hydrogen) atoms. The Balaban J connectivity index is 1.50. The zero-order valence-electron chi connectivity index (χ0n) is 14.9. The van der Waals surface area contributed by atoms with Gasteiger partial charge in [0.1, 0.15) is 0 Å². The molecule has 2 heterocycles. The van der Waals surface area contributed by atoms with Crippen LogP contribution >= 0.6 is 0 Å². The summed E-state index contributed by atoms with van der Waals surface area (Å²) in [5.74, 6) is 0. The predicted octanol–water partition coefficient (Wildman–Crippen LogP) is 4.56. The molecule has 134 valence electrons. The van der Waals surface area contributed by atoms with Crippen molar-refractivity contribution in [3.05, 3.63) is 48.5 Å². The van der Waals surface area contributed by atoms with Crippen LogP contribution in [-0.4, -0.2) is 30.4 Å². The van der Waals surface area contributed by atoms with E-state index in [4.69, 9.17) is 0 Å². The average Bonchev–Trinajstić information content (AvgIpc) is 3.35. The van der Waals surface area contributed by atoms with Gasteiger partial charge in [-0.05, 0) is 31.0 Å². The summed E-state index contributed by atoms with van der Waals surface area (Å²) in [6.07, 6.45) is 5.39. The molecule has 0 unspecified atom stereocenters. The van der Waals surface area contributed by atoms with Gasteiger partial charge in [-0.15, -0.1) is 0 Å². The number of benzene rings is 2. The lowest BCUT2D eigenvalue weighted by Crippen LogP contribution is -2.38. The van der Waals surface area contributed by atoms with E-state index in [9.17, 15) is 8.42 Å². The topological polar surface area (TPSA) is 42.3 Å². The Kier molecular flexibility index (Phi) is 3.52. The van der Waals surface area contributed by atoms with Crippen LogP contribution in [0.3, 0.4) is 0 Å². The minimum Gasteiger partial charge on any atom is -0.304 e. The zero-order chi connectivity index (χ0) is 17.9. The molecule has 1 aliphatic carbocycles. The minimum atomic E-state index is -3.46. The van der Waals surface area contributed by atoms with Gasteiger partial charge in [0.25, 0.3) is 0 Å². The molecule has 2 aliphatic heterocycles. The maximum Gasteiger partial charge on any atom is 0.243 e. The summed E-state index contributed by atoms with van der Waals surface area (Å²) in [5, 5.41) is 1.26. The second-order valence-corrected chi connectivity index (χ2v) is 9.39. The summed E-state index contributed by atoms with van der Waals surface area (Å²) in [6, 6.07) is 15.8. The van der Waals surface area contributed by atoms with Crippen molar-refractivity contribution < 1.29 is 8.42 Å². The Labute approximate surface area is 154 Å².